The van der Waals surface area contributed by atoms with Crippen LogP contribution in [0, 0.1) is 12.7 Å². The van der Waals surface area contributed by atoms with Crippen LogP contribution >= 0.6 is 0 Å². The summed E-state index contributed by atoms with van der Waals surface area (Å²) >= 11 is 0. The van der Waals surface area contributed by atoms with Crippen molar-refractivity contribution in [2.24, 2.45) is 0 Å². The third kappa shape index (κ3) is 2.67. The number of aliphatic carboxylic acids is 1. The third-order valence-corrected chi connectivity index (χ3v) is 3.34. The van der Waals surface area contributed by atoms with Gasteiger partial charge in [-0.1, -0.05) is 6.07 Å². The fourth-order valence-corrected chi connectivity index (χ4v) is 2.02. The standard InChI is InChI=1S/C13H15FN2O3/c1-8-3-4-10(9(14)7-8)15-12(19)16-13(11(17)18)5-2-6-13/h3-4,7H,2,5-6H2,1H3,(H,17,18)(H2,15,16,19). The Balaban J connectivity index is 2.03. The average Bonchev–Trinajstić information content (AvgIpc) is 2.27. The molecule has 0 bridgehead atoms. The van der Waals surface area contributed by atoms with Crippen molar-refractivity contribution in [3.05, 3.63) is 29.6 Å². The van der Waals surface area contributed by atoms with E-state index in [1.807, 2.05) is 0 Å². The highest BCUT2D eigenvalue weighted by molar-refractivity contribution is 5.94. The van der Waals surface area contributed by atoms with E-state index in [2.05, 4.69) is 10.6 Å². The lowest BCUT2D eigenvalue weighted by atomic mass is 9.77. The molecule has 0 saturated heterocycles. The average molecular weight is 266 g/mol. The van der Waals surface area contributed by atoms with Gasteiger partial charge in [0.2, 0.25) is 0 Å². The molecule has 1 aliphatic carbocycles. The van der Waals surface area contributed by atoms with Gasteiger partial charge in [0.25, 0.3) is 0 Å². The molecule has 2 rings (SSSR count). The number of nitrogens with one attached hydrogen (secondary N) is 2. The van der Waals surface area contributed by atoms with E-state index in [-0.39, 0.29) is 5.69 Å². The largest absolute Gasteiger partial charge is 0.480 e. The Kier molecular flexibility index (Phi) is 3.42. The number of aryl methyl sites for hydroxylation is 1. The number of carbonyl (C=O) groups excluding carboxylic acids is 1. The molecule has 6 heteroatoms. The van der Waals surface area contributed by atoms with E-state index in [0.717, 1.165) is 12.0 Å². The molecule has 0 spiro atoms. The van der Waals surface area contributed by atoms with Gasteiger partial charge in [0.15, 0.2) is 0 Å². The molecule has 0 heterocycles. The molecule has 1 saturated carbocycles. The van der Waals surface area contributed by atoms with Gasteiger partial charge in [0, 0.05) is 0 Å². The molecule has 5 nitrogen and oxygen atoms in total. The number of benzene rings is 1. The Labute approximate surface area is 109 Å². The fourth-order valence-electron chi connectivity index (χ4n) is 2.02. The lowest BCUT2D eigenvalue weighted by Gasteiger charge is -2.38. The summed E-state index contributed by atoms with van der Waals surface area (Å²) < 4.78 is 13.5. The van der Waals surface area contributed by atoms with Gasteiger partial charge in [-0.3, -0.25) is 0 Å². The normalized spacial score (nSPS) is 16.3. The molecule has 1 fully saturated rings. The van der Waals surface area contributed by atoms with Gasteiger partial charge in [-0.25, -0.2) is 14.0 Å². The monoisotopic (exact) mass is 266 g/mol. The summed E-state index contributed by atoms with van der Waals surface area (Å²) in [4.78, 5) is 22.8. The summed E-state index contributed by atoms with van der Waals surface area (Å²) in [5, 5.41) is 13.8. The lowest BCUT2D eigenvalue weighted by molar-refractivity contribution is -0.148. The molecule has 0 atom stereocenters. The van der Waals surface area contributed by atoms with E-state index in [4.69, 9.17) is 5.11 Å². The first-order chi connectivity index (χ1) is 8.93. The Morgan fingerprint density at radius 2 is 2.05 bits per heavy atom. The minimum atomic E-state index is -1.20. The minimum Gasteiger partial charge on any atom is -0.480 e. The molecule has 1 aliphatic rings. The summed E-state index contributed by atoms with van der Waals surface area (Å²) in [5.74, 6) is -1.61. The zero-order valence-corrected chi connectivity index (χ0v) is 10.5. The van der Waals surface area contributed by atoms with Crippen molar-refractivity contribution in [2.45, 2.75) is 31.7 Å². The van der Waals surface area contributed by atoms with Crippen LogP contribution in [0.3, 0.4) is 0 Å². The number of carboxylic acids is 1. The van der Waals surface area contributed by atoms with Crippen molar-refractivity contribution >= 4 is 17.7 Å². The zero-order chi connectivity index (χ0) is 14.0. The quantitative estimate of drug-likeness (QED) is 0.785. The summed E-state index contributed by atoms with van der Waals surface area (Å²) in [6.07, 6.45) is 1.55. The van der Waals surface area contributed by atoms with Crippen molar-refractivity contribution in [3.8, 4) is 0 Å². The molecule has 3 N–H and O–H groups in total. The van der Waals surface area contributed by atoms with Gasteiger partial charge in [0.1, 0.15) is 11.4 Å². The van der Waals surface area contributed by atoms with E-state index < -0.39 is 23.4 Å². The fraction of sp³-hybridized carbons (Fsp3) is 0.385. The van der Waals surface area contributed by atoms with Crippen molar-refractivity contribution in [1.82, 2.24) is 5.32 Å². The second-order valence-corrected chi connectivity index (χ2v) is 4.80. The van der Waals surface area contributed by atoms with Crippen LogP contribution in [-0.2, 0) is 4.79 Å². The van der Waals surface area contributed by atoms with Gasteiger partial charge < -0.3 is 15.7 Å². The van der Waals surface area contributed by atoms with Gasteiger partial charge in [-0.15, -0.1) is 0 Å². The predicted molar refractivity (Wildman–Crippen MR) is 67.5 cm³/mol. The number of halogens is 1. The molecule has 2 amide bonds. The van der Waals surface area contributed by atoms with Gasteiger partial charge >= 0.3 is 12.0 Å². The number of hydrogen-bond acceptors (Lipinski definition) is 2. The van der Waals surface area contributed by atoms with E-state index in [1.165, 1.54) is 12.1 Å². The smallest absolute Gasteiger partial charge is 0.329 e. The van der Waals surface area contributed by atoms with Crippen LogP contribution in [0.2, 0.25) is 0 Å². The lowest BCUT2D eigenvalue weighted by Crippen LogP contribution is -2.60. The highest BCUT2D eigenvalue weighted by Gasteiger charge is 2.45. The first-order valence-electron chi connectivity index (χ1n) is 6.02. The maximum absolute atomic E-state index is 13.5. The van der Waals surface area contributed by atoms with Crippen LogP contribution in [0.1, 0.15) is 24.8 Å². The van der Waals surface area contributed by atoms with Crippen LogP contribution in [-0.4, -0.2) is 22.6 Å². The van der Waals surface area contributed by atoms with E-state index in [1.54, 1.807) is 13.0 Å². The van der Waals surface area contributed by atoms with Crippen LogP contribution in [0.15, 0.2) is 18.2 Å². The summed E-state index contributed by atoms with van der Waals surface area (Å²) in [7, 11) is 0. The Bertz CT molecular complexity index is 527. The Hall–Kier alpha value is -2.11. The molecular weight excluding hydrogens is 251 g/mol. The molecular formula is C13H15FN2O3. The number of carbonyl (C=O) groups is 2. The number of rotatable bonds is 3. The van der Waals surface area contributed by atoms with Crippen molar-refractivity contribution in [2.75, 3.05) is 5.32 Å². The first kappa shape index (κ1) is 13.3. The number of urea groups is 1. The maximum Gasteiger partial charge on any atom is 0.329 e. The van der Waals surface area contributed by atoms with Gasteiger partial charge in [-0.05, 0) is 43.9 Å². The number of amides is 2. The molecule has 0 aromatic heterocycles. The molecule has 1 aromatic carbocycles. The number of hydrogen-bond donors (Lipinski definition) is 3. The molecule has 0 aliphatic heterocycles. The number of anilines is 1. The summed E-state index contributed by atoms with van der Waals surface area (Å²) in [6, 6.07) is 3.70. The van der Waals surface area contributed by atoms with Crippen LogP contribution < -0.4 is 10.6 Å². The maximum atomic E-state index is 13.5. The second-order valence-electron chi connectivity index (χ2n) is 4.80. The topological polar surface area (TPSA) is 78.4 Å². The second kappa shape index (κ2) is 4.87. The molecule has 102 valence electrons. The van der Waals surface area contributed by atoms with Crippen LogP contribution in [0.4, 0.5) is 14.9 Å². The van der Waals surface area contributed by atoms with Gasteiger partial charge in [0.05, 0.1) is 5.69 Å². The van der Waals surface area contributed by atoms with E-state index in [9.17, 15) is 14.0 Å². The highest BCUT2D eigenvalue weighted by atomic mass is 19.1. The van der Waals surface area contributed by atoms with E-state index >= 15 is 0 Å². The molecule has 0 unspecified atom stereocenters. The Morgan fingerprint density at radius 3 is 2.53 bits per heavy atom. The highest BCUT2D eigenvalue weighted by Crippen LogP contribution is 2.32. The first-order valence-corrected chi connectivity index (χ1v) is 6.02. The van der Waals surface area contributed by atoms with Crippen LogP contribution in [0.5, 0.6) is 0 Å². The van der Waals surface area contributed by atoms with E-state index in [0.29, 0.717) is 12.8 Å². The molecule has 0 radical (unpaired) electrons. The number of carboxylic acid groups (broad SMARTS) is 1. The zero-order valence-electron chi connectivity index (χ0n) is 10.5. The van der Waals surface area contributed by atoms with Gasteiger partial charge in [-0.2, -0.15) is 0 Å². The van der Waals surface area contributed by atoms with Crippen molar-refractivity contribution in [1.29, 1.82) is 0 Å². The molecule has 1 aromatic rings. The molecule has 19 heavy (non-hydrogen) atoms. The van der Waals surface area contributed by atoms with Crippen molar-refractivity contribution in [3.63, 3.8) is 0 Å². The minimum absolute atomic E-state index is 0.0305. The SMILES string of the molecule is Cc1ccc(NC(=O)NC2(C(=O)O)CCC2)c(F)c1. The van der Waals surface area contributed by atoms with Crippen molar-refractivity contribution < 1.29 is 19.1 Å². The summed E-state index contributed by atoms with van der Waals surface area (Å²) in [5.41, 5.74) is -0.432. The summed E-state index contributed by atoms with van der Waals surface area (Å²) in [6.45, 7) is 1.74. The van der Waals surface area contributed by atoms with Crippen LogP contribution in [0.25, 0.3) is 0 Å². The Morgan fingerprint density at radius 1 is 1.37 bits per heavy atom. The third-order valence-electron chi connectivity index (χ3n) is 3.34. The predicted octanol–water partition coefficient (Wildman–Crippen LogP) is 2.26.